The number of unbranched alkanes of at least 4 members (excludes halogenated alkanes) is 1. The molecule has 0 aromatic carbocycles. The Morgan fingerprint density at radius 2 is 1.92 bits per heavy atom. The van der Waals surface area contributed by atoms with Crippen LogP contribution in [0.25, 0.3) is 0 Å². The number of rotatable bonds is 7. The zero-order valence-corrected chi connectivity index (χ0v) is 10.2. The highest BCUT2D eigenvalue weighted by Gasteiger charge is 2.04. The van der Waals surface area contributed by atoms with E-state index in [1.807, 2.05) is 0 Å². The average molecular weight is 236 g/mol. The lowest BCUT2D eigenvalue weighted by molar-refractivity contribution is 0.255. The molecule has 0 saturated heterocycles. The zero-order valence-electron chi connectivity index (χ0n) is 8.65. The van der Waals surface area contributed by atoms with Gasteiger partial charge in [0.15, 0.2) is 0 Å². The van der Waals surface area contributed by atoms with E-state index in [0.717, 1.165) is 11.2 Å². The third-order valence-corrected chi connectivity index (χ3v) is 2.21. The first-order chi connectivity index (χ1) is 5.70. The van der Waals surface area contributed by atoms with Gasteiger partial charge in [-0.3, -0.25) is 0 Å². The molecule has 0 amide bonds. The van der Waals surface area contributed by atoms with Crippen molar-refractivity contribution in [2.75, 3.05) is 25.0 Å². The Balaban J connectivity index is 3.54. The summed E-state index contributed by atoms with van der Waals surface area (Å²) in [6, 6.07) is 0. The predicted molar refractivity (Wildman–Crippen MR) is 60.0 cm³/mol. The minimum Gasteiger partial charge on any atom is -0.302 e. The molecule has 1 nitrogen and oxygen atoms in total. The highest BCUT2D eigenvalue weighted by atomic mass is 79.9. The molecule has 0 aromatic heterocycles. The van der Waals surface area contributed by atoms with Crippen LogP contribution >= 0.6 is 15.9 Å². The van der Waals surface area contributed by atoms with Gasteiger partial charge >= 0.3 is 0 Å². The Bertz CT molecular complexity index is 93.8. The topological polar surface area (TPSA) is 3.24 Å². The highest BCUT2D eigenvalue weighted by molar-refractivity contribution is 9.09. The summed E-state index contributed by atoms with van der Waals surface area (Å²) in [5, 5.41) is 1.10. The van der Waals surface area contributed by atoms with Crippen LogP contribution in [0.4, 0.5) is 0 Å². The van der Waals surface area contributed by atoms with Crippen molar-refractivity contribution in [2.45, 2.75) is 33.6 Å². The Kier molecular flexibility index (Phi) is 8.35. The Hall–Kier alpha value is 0.440. The lowest BCUT2D eigenvalue weighted by Crippen LogP contribution is -2.30. The first-order valence-corrected chi connectivity index (χ1v) is 6.11. The maximum atomic E-state index is 3.49. The molecular formula is C10H22BrN. The Morgan fingerprint density at radius 1 is 1.25 bits per heavy atom. The Morgan fingerprint density at radius 3 is 2.33 bits per heavy atom. The van der Waals surface area contributed by atoms with E-state index >= 15 is 0 Å². The van der Waals surface area contributed by atoms with Gasteiger partial charge in [0.1, 0.15) is 0 Å². The number of hydrogen-bond donors (Lipinski definition) is 0. The monoisotopic (exact) mass is 235 g/mol. The molecule has 0 atom stereocenters. The summed E-state index contributed by atoms with van der Waals surface area (Å²) in [6.07, 6.45) is 2.64. The Labute approximate surface area is 85.7 Å². The van der Waals surface area contributed by atoms with Gasteiger partial charge in [0.05, 0.1) is 0 Å². The van der Waals surface area contributed by atoms with Gasteiger partial charge in [-0.1, -0.05) is 43.1 Å². The molecule has 0 rings (SSSR count). The highest BCUT2D eigenvalue weighted by Crippen LogP contribution is 2.01. The third-order valence-electron chi connectivity index (χ3n) is 1.85. The van der Waals surface area contributed by atoms with Crippen molar-refractivity contribution >= 4 is 15.9 Å². The molecule has 0 radical (unpaired) electrons. The summed E-state index contributed by atoms with van der Waals surface area (Å²) in [4.78, 5) is 2.54. The standard InChI is InChI=1S/C10H22BrN/c1-4-5-7-12(8-6-11)9-10(2)3/h10H,4-9H2,1-3H3. The van der Waals surface area contributed by atoms with Gasteiger partial charge < -0.3 is 4.90 Å². The number of halogens is 1. The summed E-state index contributed by atoms with van der Waals surface area (Å²) in [5.74, 6) is 0.793. The molecule has 0 aromatic rings. The van der Waals surface area contributed by atoms with Gasteiger partial charge in [0, 0.05) is 18.4 Å². The number of hydrogen-bond acceptors (Lipinski definition) is 1. The van der Waals surface area contributed by atoms with Gasteiger partial charge in [-0.2, -0.15) is 0 Å². The van der Waals surface area contributed by atoms with Gasteiger partial charge in [-0.25, -0.2) is 0 Å². The maximum absolute atomic E-state index is 3.49. The van der Waals surface area contributed by atoms with Crippen molar-refractivity contribution in [1.29, 1.82) is 0 Å². The van der Waals surface area contributed by atoms with Crippen LogP contribution in [0, 0.1) is 5.92 Å². The second-order valence-corrected chi connectivity index (χ2v) is 4.53. The first-order valence-electron chi connectivity index (χ1n) is 4.99. The van der Waals surface area contributed by atoms with Crippen molar-refractivity contribution in [1.82, 2.24) is 4.90 Å². The SMILES string of the molecule is CCCCN(CCBr)CC(C)C. The molecule has 0 aliphatic rings. The van der Waals surface area contributed by atoms with E-state index in [2.05, 4.69) is 41.6 Å². The molecule has 0 N–H and O–H groups in total. The van der Waals surface area contributed by atoms with Crippen LogP contribution in [0.3, 0.4) is 0 Å². The summed E-state index contributed by atoms with van der Waals surface area (Å²) in [7, 11) is 0. The van der Waals surface area contributed by atoms with Crippen LogP contribution < -0.4 is 0 Å². The van der Waals surface area contributed by atoms with E-state index in [4.69, 9.17) is 0 Å². The van der Waals surface area contributed by atoms with Crippen LogP contribution in [0.15, 0.2) is 0 Å². The molecule has 0 bridgehead atoms. The minimum atomic E-state index is 0.793. The second kappa shape index (κ2) is 8.06. The van der Waals surface area contributed by atoms with E-state index in [0.29, 0.717) is 0 Å². The molecule has 0 aliphatic carbocycles. The second-order valence-electron chi connectivity index (χ2n) is 3.74. The van der Waals surface area contributed by atoms with Crippen molar-refractivity contribution in [3.63, 3.8) is 0 Å². The van der Waals surface area contributed by atoms with E-state index in [1.54, 1.807) is 0 Å². The quantitative estimate of drug-likeness (QED) is 0.614. The van der Waals surface area contributed by atoms with Crippen LogP contribution in [-0.2, 0) is 0 Å². The molecule has 0 spiro atoms. The molecular weight excluding hydrogens is 214 g/mol. The fraction of sp³-hybridized carbons (Fsp3) is 1.00. The van der Waals surface area contributed by atoms with Crippen LogP contribution in [0.5, 0.6) is 0 Å². The fourth-order valence-electron chi connectivity index (χ4n) is 1.31. The average Bonchev–Trinajstić information content (AvgIpc) is 2.00. The van der Waals surface area contributed by atoms with Crippen molar-refractivity contribution in [3.8, 4) is 0 Å². The molecule has 0 unspecified atom stereocenters. The van der Waals surface area contributed by atoms with Gasteiger partial charge in [0.25, 0.3) is 0 Å². The van der Waals surface area contributed by atoms with Crippen LogP contribution in [0.1, 0.15) is 33.6 Å². The van der Waals surface area contributed by atoms with Gasteiger partial charge in [-0.05, 0) is 18.9 Å². The molecule has 12 heavy (non-hydrogen) atoms. The zero-order chi connectivity index (χ0) is 9.40. The normalized spacial score (nSPS) is 11.5. The molecule has 74 valence electrons. The lowest BCUT2D eigenvalue weighted by Gasteiger charge is -2.22. The summed E-state index contributed by atoms with van der Waals surface area (Å²) in [5.41, 5.74) is 0. The fourth-order valence-corrected chi connectivity index (χ4v) is 1.81. The molecule has 0 saturated carbocycles. The molecule has 2 heteroatoms. The third kappa shape index (κ3) is 7.11. The van der Waals surface area contributed by atoms with Crippen molar-refractivity contribution < 1.29 is 0 Å². The molecule has 0 fully saturated rings. The van der Waals surface area contributed by atoms with E-state index in [9.17, 15) is 0 Å². The van der Waals surface area contributed by atoms with Crippen molar-refractivity contribution in [3.05, 3.63) is 0 Å². The van der Waals surface area contributed by atoms with E-state index in [1.165, 1.54) is 32.5 Å². The molecule has 0 aliphatic heterocycles. The van der Waals surface area contributed by atoms with Crippen molar-refractivity contribution in [2.24, 2.45) is 5.92 Å². The van der Waals surface area contributed by atoms with Crippen LogP contribution in [0.2, 0.25) is 0 Å². The van der Waals surface area contributed by atoms with E-state index in [-0.39, 0.29) is 0 Å². The number of nitrogens with zero attached hydrogens (tertiary/aromatic N) is 1. The summed E-state index contributed by atoms with van der Waals surface area (Å²) < 4.78 is 0. The summed E-state index contributed by atoms with van der Waals surface area (Å²) in [6.45, 7) is 10.5. The summed E-state index contributed by atoms with van der Waals surface area (Å²) >= 11 is 3.49. The molecule has 0 heterocycles. The largest absolute Gasteiger partial charge is 0.302 e. The van der Waals surface area contributed by atoms with E-state index < -0.39 is 0 Å². The number of alkyl halides is 1. The van der Waals surface area contributed by atoms with Gasteiger partial charge in [-0.15, -0.1) is 0 Å². The lowest BCUT2D eigenvalue weighted by atomic mass is 10.2. The van der Waals surface area contributed by atoms with Gasteiger partial charge in [0.2, 0.25) is 0 Å². The minimum absolute atomic E-state index is 0.793. The smallest absolute Gasteiger partial charge is 0.0159 e. The predicted octanol–water partition coefficient (Wildman–Crippen LogP) is 3.14. The van der Waals surface area contributed by atoms with Crippen LogP contribution in [-0.4, -0.2) is 29.9 Å². The first kappa shape index (κ1) is 12.4. The maximum Gasteiger partial charge on any atom is 0.0159 e.